The smallest absolute Gasteiger partial charge is 0.233 e. The zero-order valence-electron chi connectivity index (χ0n) is 11.5. The summed E-state index contributed by atoms with van der Waals surface area (Å²) in [5.74, 6) is 1.51. The van der Waals surface area contributed by atoms with Crippen LogP contribution in [0.4, 0.5) is 17.6 Å². The molecule has 0 atom stereocenters. The van der Waals surface area contributed by atoms with E-state index in [4.69, 9.17) is 16.3 Å². The third-order valence-corrected chi connectivity index (χ3v) is 3.93. The number of nitrogens with one attached hydrogen (secondary N) is 1. The minimum atomic E-state index is 0.122. The molecule has 0 aliphatic rings. The molecule has 0 saturated heterocycles. The number of ether oxygens (including phenoxy) is 1. The highest BCUT2D eigenvalue weighted by Crippen LogP contribution is 2.35. The standard InChI is InChI=1S/C12H12Br2ClN5O/c1-20(2)12-18-10(15)17-11(19-12)16-8-5-9(21-3)7(14)4-6(8)13/h4-5H,1-3H3,(H,16,17,18,19). The Kier molecular flexibility index (Phi) is 5.23. The lowest BCUT2D eigenvalue weighted by Crippen LogP contribution is -2.14. The van der Waals surface area contributed by atoms with Crippen LogP contribution in [0.25, 0.3) is 0 Å². The molecule has 112 valence electrons. The maximum Gasteiger partial charge on any atom is 0.233 e. The van der Waals surface area contributed by atoms with Gasteiger partial charge in [0, 0.05) is 24.6 Å². The van der Waals surface area contributed by atoms with Crippen molar-refractivity contribution in [1.29, 1.82) is 0 Å². The number of methoxy groups -OCH3 is 1. The Morgan fingerprint density at radius 1 is 1.14 bits per heavy atom. The number of hydrogen-bond acceptors (Lipinski definition) is 6. The van der Waals surface area contributed by atoms with E-state index in [-0.39, 0.29) is 5.28 Å². The molecule has 0 amide bonds. The Morgan fingerprint density at radius 2 is 1.86 bits per heavy atom. The molecule has 1 aromatic heterocycles. The summed E-state index contributed by atoms with van der Waals surface area (Å²) in [4.78, 5) is 14.1. The lowest BCUT2D eigenvalue weighted by Gasteiger charge is -2.13. The Bertz CT molecular complexity index is 668. The fraction of sp³-hybridized carbons (Fsp3) is 0.250. The molecule has 0 unspecified atom stereocenters. The van der Waals surface area contributed by atoms with Crippen LogP contribution in [0.3, 0.4) is 0 Å². The quantitative estimate of drug-likeness (QED) is 0.784. The van der Waals surface area contributed by atoms with Crippen LogP contribution in [0.5, 0.6) is 5.75 Å². The zero-order valence-corrected chi connectivity index (χ0v) is 15.4. The Labute approximate surface area is 144 Å². The molecule has 0 radical (unpaired) electrons. The Hall–Kier alpha value is -1.12. The summed E-state index contributed by atoms with van der Waals surface area (Å²) in [5.41, 5.74) is 0.752. The summed E-state index contributed by atoms with van der Waals surface area (Å²) in [6.07, 6.45) is 0. The summed E-state index contributed by atoms with van der Waals surface area (Å²) in [6, 6.07) is 3.69. The maximum absolute atomic E-state index is 5.91. The highest BCUT2D eigenvalue weighted by atomic mass is 79.9. The second-order valence-electron chi connectivity index (χ2n) is 4.21. The highest BCUT2D eigenvalue weighted by Gasteiger charge is 2.11. The van der Waals surface area contributed by atoms with Gasteiger partial charge in [-0.05, 0) is 49.5 Å². The SMILES string of the molecule is COc1cc(Nc2nc(Cl)nc(N(C)C)n2)c(Br)cc1Br. The number of anilines is 3. The van der Waals surface area contributed by atoms with Crippen LogP contribution >= 0.6 is 43.5 Å². The third-order valence-electron chi connectivity index (χ3n) is 2.48. The van der Waals surface area contributed by atoms with Crippen molar-refractivity contribution in [3.05, 3.63) is 26.4 Å². The molecule has 21 heavy (non-hydrogen) atoms. The predicted octanol–water partition coefficient (Wildman–Crippen LogP) is 3.87. The molecule has 1 aromatic carbocycles. The van der Waals surface area contributed by atoms with Crippen molar-refractivity contribution in [2.75, 3.05) is 31.4 Å². The molecule has 2 aromatic rings. The minimum Gasteiger partial charge on any atom is -0.495 e. The van der Waals surface area contributed by atoms with Gasteiger partial charge in [0.05, 0.1) is 17.3 Å². The molecule has 0 aliphatic heterocycles. The van der Waals surface area contributed by atoms with Gasteiger partial charge >= 0.3 is 0 Å². The van der Waals surface area contributed by atoms with E-state index < -0.39 is 0 Å². The first-order chi connectivity index (χ1) is 9.90. The average Bonchev–Trinajstić information content (AvgIpc) is 2.41. The van der Waals surface area contributed by atoms with Crippen molar-refractivity contribution < 1.29 is 4.74 Å². The van der Waals surface area contributed by atoms with Gasteiger partial charge in [-0.2, -0.15) is 15.0 Å². The number of benzene rings is 1. The van der Waals surface area contributed by atoms with Crippen molar-refractivity contribution >= 4 is 61.0 Å². The second kappa shape index (κ2) is 6.76. The fourth-order valence-corrected chi connectivity index (χ4v) is 2.91. The molecule has 9 heteroatoms. The van der Waals surface area contributed by atoms with Crippen LogP contribution in [0, 0.1) is 0 Å². The number of halogens is 3. The van der Waals surface area contributed by atoms with E-state index in [1.807, 2.05) is 26.2 Å². The van der Waals surface area contributed by atoms with Crippen molar-refractivity contribution in [2.45, 2.75) is 0 Å². The number of nitrogens with zero attached hydrogens (tertiary/aromatic N) is 4. The molecule has 0 aliphatic carbocycles. The van der Waals surface area contributed by atoms with E-state index in [0.29, 0.717) is 17.6 Å². The molecular weight excluding hydrogens is 425 g/mol. The molecule has 0 spiro atoms. The van der Waals surface area contributed by atoms with Gasteiger partial charge in [-0.1, -0.05) is 0 Å². The van der Waals surface area contributed by atoms with Crippen LogP contribution in [0.1, 0.15) is 0 Å². The first-order valence-electron chi connectivity index (χ1n) is 5.79. The zero-order chi connectivity index (χ0) is 15.6. The summed E-state index contributed by atoms with van der Waals surface area (Å²) < 4.78 is 6.94. The molecule has 2 rings (SSSR count). The molecular formula is C12H12Br2ClN5O. The monoisotopic (exact) mass is 435 g/mol. The average molecular weight is 438 g/mol. The van der Waals surface area contributed by atoms with Crippen molar-refractivity contribution in [3.63, 3.8) is 0 Å². The lowest BCUT2D eigenvalue weighted by molar-refractivity contribution is 0.412. The van der Waals surface area contributed by atoms with Gasteiger partial charge < -0.3 is 15.0 Å². The van der Waals surface area contributed by atoms with E-state index >= 15 is 0 Å². The van der Waals surface area contributed by atoms with Crippen molar-refractivity contribution in [1.82, 2.24) is 15.0 Å². The topological polar surface area (TPSA) is 63.2 Å². The highest BCUT2D eigenvalue weighted by molar-refractivity contribution is 9.11. The first kappa shape index (κ1) is 16.3. The largest absolute Gasteiger partial charge is 0.495 e. The van der Waals surface area contributed by atoms with Crippen LogP contribution in [0.2, 0.25) is 5.28 Å². The van der Waals surface area contributed by atoms with Gasteiger partial charge in [-0.15, -0.1) is 0 Å². The van der Waals surface area contributed by atoms with Gasteiger partial charge in [0.1, 0.15) is 5.75 Å². The number of rotatable bonds is 4. The molecule has 1 heterocycles. The van der Waals surface area contributed by atoms with Gasteiger partial charge in [0.25, 0.3) is 0 Å². The van der Waals surface area contributed by atoms with E-state index in [2.05, 4.69) is 52.1 Å². The Balaban J connectivity index is 2.38. The molecule has 0 saturated carbocycles. The van der Waals surface area contributed by atoms with Crippen molar-refractivity contribution in [2.24, 2.45) is 0 Å². The molecule has 1 N–H and O–H groups in total. The first-order valence-corrected chi connectivity index (χ1v) is 7.76. The summed E-state index contributed by atoms with van der Waals surface area (Å²) >= 11 is 12.8. The van der Waals surface area contributed by atoms with Crippen LogP contribution < -0.4 is 15.0 Å². The molecule has 0 fully saturated rings. The predicted molar refractivity (Wildman–Crippen MR) is 90.8 cm³/mol. The third kappa shape index (κ3) is 3.96. The fourth-order valence-electron chi connectivity index (χ4n) is 1.50. The van der Waals surface area contributed by atoms with Gasteiger partial charge in [0.15, 0.2) is 0 Å². The van der Waals surface area contributed by atoms with Gasteiger partial charge in [-0.25, -0.2) is 0 Å². The molecule has 6 nitrogen and oxygen atoms in total. The molecule has 0 bridgehead atoms. The van der Waals surface area contributed by atoms with Gasteiger partial charge in [-0.3, -0.25) is 0 Å². The van der Waals surface area contributed by atoms with E-state index in [1.165, 1.54) is 0 Å². The summed E-state index contributed by atoms with van der Waals surface area (Å²) in [5, 5.41) is 3.21. The summed E-state index contributed by atoms with van der Waals surface area (Å²) in [6.45, 7) is 0. The summed E-state index contributed by atoms with van der Waals surface area (Å²) in [7, 11) is 5.25. The number of aromatic nitrogens is 3. The maximum atomic E-state index is 5.91. The van der Waals surface area contributed by atoms with Crippen LogP contribution in [-0.2, 0) is 0 Å². The Morgan fingerprint density at radius 3 is 2.48 bits per heavy atom. The minimum absolute atomic E-state index is 0.122. The van der Waals surface area contributed by atoms with E-state index in [0.717, 1.165) is 14.6 Å². The van der Waals surface area contributed by atoms with E-state index in [9.17, 15) is 0 Å². The van der Waals surface area contributed by atoms with Gasteiger partial charge in [0.2, 0.25) is 17.2 Å². The van der Waals surface area contributed by atoms with Crippen molar-refractivity contribution in [3.8, 4) is 5.75 Å². The van der Waals surface area contributed by atoms with E-state index in [1.54, 1.807) is 12.0 Å². The number of hydrogen-bond donors (Lipinski definition) is 1. The lowest BCUT2D eigenvalue weighted by atomic mass is 10.3. The second-order valence-corrected chi connectivity index (χ2v) is 6.26. The van der Waals surface area contributed by atoms with Crippen LogP contribution in [-0.4, -0.2) is 36.2 Å². The normalized spacial score (nSPS) is 10.4. The van der Waals surface area contributed by atoms with Crippen LogP contribution in [0.15, 0.2) is 21.1 Å².